The number of amides is 1. The predicted molar refractivity (Wildman–Crippen MR) is 71.7 cm³/mol. The fourth-order valence-corrected chi connectivity index (χ4v) is 1.65. The van der Waals surface area contributed by atoms with Crippen molar-refractivity contribution in [3.05, 3.63) is 42.0 Å². The molecule has 96 valence electrons. The minimum absolute atomic E-state index is 0.491. The van der Waals surface area contributed by atoms with Crippen molar-refractivity contribution in [2.75, 3.05) is 14.2 Å². The van der Waals surface area contributed by atoms with Gasteiger partial charge in [0.1, 0.15) is 0 Å². The Kier molecular flexibility index (Phi) is 4.99. The van der Waals surface area contributed by atoms with Gasteiger partial charge in [0, 0.05) is 11.6 Å². The van der Waals surface area contributed by atoms with Crippen molar-refractivity contribution in [2.45, 2.75) is 6.42 Å². The van der Waals surface area contributed by atoms with Gasteiger partial charge < -0.3 is 15.2 Å². The average molecular weight is 247 g/mol. The zero-order valence-electron chi connectivity index (χ0n) is 10.6. The first-order chi connectivity index (χ1) is 8.62. The number of hydrogen-bond donors (Lipinski definition) is 1. The monoisotopic (exact) mass is 247 g/mol. The van der Waals surface area contributed by atoms with E-state index in [1.807, 2.05) is 6.07 Å². The number of rotatable bonds is 6. The second-order valence-electron chi connectivity index (χ2n) is 3.64. The lowest BCUT2D eigenvalue weighted by atomic mass is 10.1. The molecule has 1 aromatic carbocycles. The van der Waals surface area contributed by atoms with Gasteiger partial charge in [-0.25, -0.2) is 0 Å². The van der Waals surface area contributed by atoms with Crippen LogP contribution in [-0.2, 0) is 11.2 Å². The quantitative estimate of drug-likeness (QED) is 0.617. The number of allylic oxidation sites excluding steroid dienone is 1. The Labute approximate surface area is 107 Å². The summed E-state index contributed by atoms with van der Waals surface area (Å²) in [6.45, 7) is 3.70. The summed E-state index contributed by atoms with van der Waals surface area (Å²) in [4.78, 5) is 10.7. The fourth-order valence-electron chi connectivity index (χ4n) is 1.65. The third kappa shape index (κ3) is 3.38. The summed E-state index contributed by atoms with van der Waals surface area (Å²) in [5, 5.41) is 0. The molecule has 0 unspecified atom stereocenters. The number of benzene rings is 1. The lowest BCUT2D eigenvalue weighted by Gasteiger charge is -2.13. The SMILES string of the molecule is C=CCc1cc(/C=C\C(N)=O)cc(OC)c1OC. The van der Waals surface area contributed by atoms with Gasteiger partial charge >= 0.3 is 0 Å². The summed E-state index contributed by atoms with van der Waals surface area (Å²) in [7, 11) is 3.15. The molecule has 1 amide bonds. The van der Waals surface area contributed by atoms with Gasteiger partial charge in [-0.15, -0.1) is 6.58 Å². The number of carbonyl (C=O) groups excluding carboxylic acids is 1. The molecular formula is C14H17NO3. The molecule has 0 atom stereocenters. The number of primary amides is 1. The maximum Gasteiger partial charge on any atom is 0.241 e. The molecular weight excluding hydrogens is 230 g/mol. The molecule has 1 aromatic rings. The minimum atomic E-state index is -0.491. The number of methoxy groups -OCH3 is 2. The molecule has 0 heterocycles. The van der Waals surface area contributed by atoms with Crippen LogP contribution in [-0.4, -0.2) is 20.1 Å². The van der Waals surface area contributed by atoms with Crippen LogP contribution in [0.25, 0.3) is 6.08 Å². The molecule has 0 aliphatic carbocycles. The van der Waals surface area contributed by atoms with E-state index >= 15 is 0 Å². The van der Waals surface area contributed by atoms with Gasteiger partial charge in [0.05, 0.1) is 14.2 Å². The summed E-state index contributed by atoms with van der Waals surface area (Å²) in [5.74, 6) is 0.796. The van der Waals surface area contributed by atoms with Crippen molar-refractivity contribution in [1.29, 1.82) is 0 Å². The van der Waals surface area contributed by atoms with Gasteiger partial charge in [0.15, 0.2) is 11.5 Å². The number of carbonyl (C=O) groups is 1. The highest BCUT2D eigenvalue weighted by Gasteiger charge is 2.10. The largest absolute Gasteiger partial charge is 0.493 e. The summed E-state index contributed by atoms with van der Waals surface area (Å²) in [6.07, 6.45) is 5.37. The van der Waals surface area contributed by atoms with Crippen molar-refractivity contribution < 1.29 is 14.3 Å². The molecule has 2 N–H and O–H groups in total. The molecule has 4 nitrogen and oxygen atoms in total. The van der Waals surface area contributed by atoms with Crippen LogP contribution in [0.1, 0.15) is 11.1 Å². The molecule has 0 radical (unpaired) electrons. The minimum Gasteiger partial charge on any atom is -0.493 e. The molecule has 18 heavy (non-hydrogen) atoms. The molecule has 0 spiro atoms. The van der Waals surface area contributed by atoms with Gasteiger partial charge in [0.25, 0.3) is 0 Å². The molecule has 0 aliphatic heterocycles. The second kappa shape index (κ2) is 6.49. The van der Waals surface area contributed by atoms with E-state index in [-0.39, 0.29) is 0 Å². The Morgan fingerprint density at radius 3 is 2.61 bits per heavy atom. The van der Waals surface area contributed by atoms with E-state index in [0.717, 1.165) is 11.1 Å². The normalized spacial score (nSPS) is 10.3. The summed E-state index contributed by atoms with van der Waals surface area (Å²) >= 11 is 0. The molecule has 0 fully saturated rings. The number of nitrogens with two attached hydrogens (primary N) is 1. The van der Waals surface area contributed by atoms with Crippen LogP contribution in [0.4, 0.5) is 0 Å². The third-order valence-corrected chi connectivity index (χ3v) is 2.38. The Bertz CT molecular complexity index is 478. The van der Waals surface area contributed by atoms with E-state index in [0.29, 0.717) is 17.9 Å². The van der Waals surface area contributed by atoms with Crippen LogP contribution in [0.5, 0.6) is 11.5 Å². The van der Waals surface area contributed by atoms with E-state index in [1.165, 1.54) is 6.08 Å². The van der Waals surface area contributed by atoms with E-state index < -0.39 is 5.91 Å². The van der Waals surface area contributed by atoms with Crippen LogP contribution in [0.2, 0.25) is 0 Å². The average Bonchev–Trinajstić information content (AvgIpc) is 2.36. The van der Waals surface area contributed by atoms with E-state index in [2.05, 4.69) is 6.58 Å². The van der Waals surface area contributed by atoms with Gasteiger partial charge in [-0.3, -0.25) is 4.79 Å². The zero-order chi connectivity index (χ0) is 13.5. The predicted octanol–water partition coefficient (Wildman–Crippen LogP) is 1.93. The Morgan fingerprint density at radius 1 is 1.39 bits per heavy atom. The highest BCUT2D eigenvalue weighted by atomic mass is 16.5. The smallest absolute Gasteiger partial charge is 0.241 e. The van der Waals surface area contributed by atoms with Crippen molar-refractivity contribution >= 4 is 12.0 Å². The first-order valence-corrected chi connectivity index (χ1v) is 5.45. The second-order valence-corrected chi connectivity index (χ2v) is 3.64. The number of ether oxygens (including phenoxy) is 2. The van der Waals surface area contributed by atoms with Crippen LogP contribution in [0.15, 0.2) is 30.9 Å². The summed E-state index contributed by atoms with van der Waals surface area (Å²) in [6, 6.07) is 3.69. The maximum atomic E-state index is 10.7. The highest BCUT2D eigenvalue weighted by molar-refractivity contribution is 5.90. The van der Waals surface area contributed by atoms with Crippen molar-refractivity contribution in [1.82, 2.24) is 0 Å². The molecule has 0 saturated heterocycles. The van der Waals surface area contributed by atoms with Crippen molar-refractivity contribution in [2.24, 2.45) is 5.73 Å². The molecule has 0 aromatic heterocycles. The Balaban J connectivity index is 3.26. The van der Waals surface area contributed by atoms with Crippen LogP contribution >= 0.6 is 0 Å². The van der Waals surface area contributed by atoms with E-state index in [9.17, 15) is 4.79 Å². The number of hydrogen-bond acceptors (Lipinski definition) is 3. The van der Waals surface area contributed by atoms with Crippen molar-refractivity contribution in [3.8, 4) is 11.5 Å². The lowest BCUT2D eigenvalue weighted by molar-refractivity contribution is -0.113. The molecule has 0 aliphatic rings. The molecule has 0 bridgehead atoms. The standard InChI is InChI=1S/C14H17NO3/c1-4-5-11-8-10(6-7-13(15)16)9-12(17-2)14(11)18-3/h4,6-9H,1,5H2,2-3H3,(H2,15,16)/b7-6-. The third-order valence-electron chi connectivity index (χ3n) is 2.38. The molecule has 0 saturated carbocycles. The zero-order valence-corrected chi connectivity index (χ0v) is 10.6. The van der Waals surface area contributed by atoms with E-state index in [1.54, 1.807) is 32.4 Å². The van der Waals surface area contributed by atoms with Crippen molar-refractivity contribution in [3.63, 3.8) is 0 Å². The fraction of sp³-hybridized carbons (Fsp3) is 0.214. The first kappa shape index (κ1) is 13.8. The molecule has 4 heteroatoms. The Hall–Kier alpha value is -2.23. The van der Waals surface area contributed by atoms with Crippen LogP contribution in [0.3, 0.4) is 0 Å². The summed E-state index contributed by atoms with van der Waals surface area (Å²) in [5.41, 5.74) is 6.83. The van der Waals surface area contributed by atoms with E-state index in [4.69, 9.17) is 15.2 Å². The van der Waals surface area contributed by atoms with Crippen LogP contribution in [0, 0.1) is 0 Å². The topological polar surface area (TPSA) is 61.6 Å². The Morgan fingerprint density at radius 2 is 2.11 bits per heavy atom. The van der Waals surface area contributed by atoms with Gasteiger partial charge in [-0.05, 0) is 30.2 Å². The maximum absolute atomic E-state index is 10.7. The summed E-state index contributed by atoms with van der Waals surface area (Å²) < 4.78 is 10.6. The van der Waals surface area contributed by atoms with Crippen LogP contribution < -0.4 is 15.2 Å². The van der Waals surface area contributed by atoms with Gasteiger partial charge in [0.2, 0.25) is 5.91 Å². The first-order valence-electron chi connectivity index (χ1n) is 5.45. The van der Waals surface area contributed by atoms with Gasteiger partial charge in [-0.1, -0.05) is 6.08 Å². The van der Waals surface area contributed by atoms with Gasteiger partial charge in [-0.2, -0.15) is 0 Å². The molecule has 1 rings (SSSR count). The lowest BCUT2D eigenvalue weighted by Crippen LogP contribution is -2.05. The highest BCUT2D eigenvalue weighted by Crippen LogP contribution is 2.33.